The van der Waals surface area contributed by atoms with Gasteiger partial charge < -0.3 is 5.11 Å². The molecule has 128 valence electrons. The molecule has 0 spiro atoms. The van der Waals surface area contributed by atoms with Crippen LogP contribution in [-0.4, -0.2) is 25.8 Å². The van der Waals surface area contributed by atoms with E-state index in [0.29, 0.717) is 6.42 Å². The Morgan fingerprint density at radius 3 is 2.75 bits per heavy atom. The van der Waals surface area contributed by atoms with Gasteiger partial charge in [-0.1, -0.05) is 30.8 Å². The van der Waals surface area contributed by atoms with E-state index in [1.807, 2.05) is 0 Å². The van der Waals surface area contributed by atoms with Crippen molar-refractivity contribution in [1.82, 2.24) is 14.8 Å². The quantitative estimate of drug-likeness (QED) is 0.801. The maximum Gasteiger partial charge on any atom is 0.328 e. The summed E-state index contributed by atoms with van der Waals surface area (Å²) in [6.07, 6.45) is 0.307. The molecule has 1 atom stereocenters. The van der Waals surface area contributed by atoms with Crippen molar-refractivity contribution in [2.75, 3.05) is 0 Å². The molecule has 2 aromatic rings. The van der Waals surface area contributed by atoms with E-state index in [9.17, 15) is 23.5 Å². The fourth-order valence-electron chi connectivity index (χ4n) is 1.90. The lowest BCUT2D eigenvalue weighted by Crippen LogP contribution is -2.28. The van der Waals surface area contributed by atoms with Gasteiger partial charge in [0.1, 0.15) is 11.7 Å². The van der Waals surface area contributed by atoms with Crippen LogP contribution in [0.1, 0.15) is 31.1 Å². The lowest BCUT2D eigenvalue weighted by molar-refractivity contribution is -0.140. The minimum Gasteiger partial charge on any atom is -0.480 e. The van der Waals surface area contributed by atoms with Gasteiger partial charge in [0.15, 0.2) is 16.8 Å². The SMILES string of the molecule is CCc1nn(C(C)C(=O)O)c(SCc2cccc(F)c2F)nc1=O. The lowest BCUT2D eigenvalue weighted by atomic mass is 10.2. The largest absolute Gasteiger partial charge is 0.480 e. The van der Waals surface area contributed by atoms with Crippen molar-refractivity contribution in [2.45, 2.75) is 37.2 Å². The molecule has 0 bridgehead atoms. The summed E-state index contributed by atoms with van der Waals surface area (Å²) in [5.41, 5.74) is -0.332. The first-order chi connectivity index (χ1) is 11.3. The normalized spacial score (nSPS) is 12.2. The van der Waals surface area contributed by atoms with Crippen LogP contribution in [0.4, 0.5) is 8.78 Å². The molecule has 0 radical (unpaired) electrons. The van der Waals surface area contributed by atoms with E-state index >= 15 is 0 Å². The molecule has 0 saturated carbocycles. The third-order valence-electron chi connectivity index (χ3n) is 3.32. The standard InChI is InChI=1S/C15H15F2N3O3S/c1-3-11-13(21)18-15(20(19-11)8(2)14(22)23)24-7-9-5-4-6-10(16)12(9)17/h4-6,8H,3,7H2,1-2H3,(H,22,23). The molecular formula is C15H15F2N3O3S. The van der Waals surface area contributed by atoms with Gasteiger partial charge in [-0.3, -0.25) is 4.79 Å². The number of aryl methyl sites for hydroxylation is 1. The Balaban J connectivity index is 2.38. The van der Waals surface area contributed by atoms with Crippen molar-refractivity contribution >= 4 is 17.7 Å². The van der Waals surface area contributed by atoms with Crippen molar-refractivity contribution < 1.29 is 18.7 Å². The molecule has 0 fully saturated rings. The number of hydrogen-bond donors (Lipinski definition) is 1. The monoisotopic (exact) mass is 355 g/mol. The van der Waals surface area contributed by atoms with Crippen LogP contribution in [0.15, 0.2) is 28.2 Å². The minimum atomic E-state index is -1.14. The summed E-state index contributed by atoms with van der Waals surface area (Å²) in [4.78, 5) is 26.9. The lowest BCUT2D eigenvalue weighted by Gasteiger charge is -2.15. The number of nitrogens with zero attached hydrogens (tertiary/aromatic N) is 3. The first-order valence-electron chi connectivity index (χ1n) is 7.13. The molecule has 1 N–H and O–H groups in total. The molecule has 0 amide bonds. The van der Waals surface area contributed by atoms with E-state index in [-0.39, 0.29) is 22.2 Å². The summed E-state index contributed by atoms with van der Waals surface area (Å²) in [5, 5.41) is 13.2. The molecule has 9 heteroatoms. The molecule has 1 unspecified atom stereocenters. The molecule has 1 aromatic heterocycles. The van der Waals surface area contributed by atoms with E-state index in [1.54, 1.807) is 6.92 Å². The summed E-state index contributed by atoms with van der Waals surface area (Å²) in [7, 11) is 0. The van der Waals surface area contributed by atoms with Crippen molar-refractivity contribution in [1.29, 1.82) is 0 Å². The van der Waals surface area contributed by atoms with Crippen LogP contribution in [0.3, 0.4) is 0 Å². The second-order valence-corrected chi connectivity index (χ2v) is 5.90. The number of carboxylic acids is 1. The van der Waals surface area contributed by atoms with Gasteiger partial charge in [-0.25, -0.2) is 18.3 Å². The van der Waals surface area contributed by atoms with Gasteiger partial charge in [0.2, 0.25) is 0 Å². The predicted molar refractivity (Wildman–Crippen MR) is 83.9 cm³/mol. The fraction of sp³-hybridized carbons (Fsp3) is 0.333. The third-order valence-corrected chi connectivity index (χ3v) is 4.31. The second kappa shape index (κ2) is 7.52. The summed E-state index contributed by atoms with van der Waals surface area (Å²) in [5.74, 6) is -3.12. The molecular weight excluding hydrogens is 340 g/mol. The van der Waals surface area contributed by atoms with Gasteiger partial charge in [0, 0.05) is 11.3 Å². The maximum absolute atomic E-state index is 13.7. The van der Waals surface area contributed by atoms with Crippen LogP contribution in [0.2, 0.25) is 0 Å². The zero-order valence-corrected chi connectivity index (χ0v) is 13.8. The van der Waals surface area contributed by atoms with E-state index < -0.39 is 29.2 Å². The topological polar surface area (TPSA) is 85.1 Å². The van der Waals surface area contributed by atoms with Crippen LogP contribution >= 0.6 is 11.8 Å². The molecule has 24 heavy (non-hydrogen) atoms. The molecule has 1 heterocycles. The Kier molecular flexibility index (Phi) is 5.66. The smallest absolute Gasteiger partial charge is 0.328 e. The maximum atomic E-state index is 13.7. The Hall–Kier alpha value is -2.29. The molecule has 0 aliphatic carbocycles. The van der Waals surface area contributed by atoms with E-state index in [1.165, 1.54) is 19.1 Å². The van der Waals surface area contributed by atoms with E-state index in [0.717, 1.165) is 22.5 Å². The fourth-order valence-corrected chi connectivity index (χ4v) is 2.88. The molecule has 2 rings (SSSR count). The Labute approximate surface area is 140 Å². The Bertz CT molecular complexity index is 826. The van der Waals surface area contributed by atoms with Crippen molar-refractivity contribution in [3.63, 3.8) is 0 Å². The van der Waals surface area contributed by atoms with Crippen molar-refractivity contribution in [3.8, 4) is 0 Å². The van der Waals surface area contributed by atoms with Crippen LogP contribution in [-0.2, 0) is 17.0 Å². The summed E-state index contributed by atoms with van der Waals surface area (Å²) < 4.78 is 28.1. The molecule has 6 nitrogen and oxygen atoms in total. The highest BCUT2D eigenvalue weighted by Gasteiger charge is 2.20. The van der Waals surface area contributed by atoms with Gasteiger partial charge in [0.25, 0.3) is 5.56 Å². The molecule has 0 aliphatic heterocycles. The minimum absolute atomic E-state index is 0.0183. The third kappa shape index (κ3) is 3.78. The van der Waals surface area contributed by atoms with Crippen molar-refractivity contribution in [3.05, 3.63) is 51.4 Å². The van der Waals surface area contributed by atoms with Gasteiger partial charge in [-0.15, -0.1) is 0 Å². The first kappa shape index (κ1) is 18.1. The average Bonchev–Trinajstić information content (AvgIpc) is 2.55. The Morgan fingerprint density at radius 1 is 1.42 bits per heavy atom. The zero-order chi connectivity index (χ0) is 17.9. The van der Waals surface area contributed by atoms with Gasteiger partial charge >= 0.3 is 5.97 Å². The number of benzene rings is 1. The summed E-state index contributed by atoms with van der Waals surface area (Å²) in [6.45, 7) is 3.10. The zero-order valence-electron chi connectivity index (χ0n) is 13.0. The number of aromatic nitrogens is 3. The van der Waals surface area contributed by atoms with E-state index in [4.69, 9.17) is 0 Å². The molecule has 0 aliphatic rings. The number of hydrogen-bond acceptors (Lipinski definition) is 5. The number of carbonyl (C=O) groups is 1. The van der Waals surface area contributed by atoms with Crippen LogP contribution in [0.25, 0.3) is 0 Å². The van der Waals surface area contributed by atoms with Crippen LogP contribution in [0, 0.1) is 11.6 Å². The van der Waals surface area contributed by atoms with Crippen molar-refractivity contribution in [2.24, 2.45) is 0 Å². The van der Waals surface area contributed by atoms with Gasteiger partial charge in [-0.05, 0) is 19.4 Å². The summed E-state index contributed by atoms with van der Waals surface area (Å²) >= 11 is 0.921. The van der Waals surface area contributed by atoms with Gasteiger partial charge in [-0.2, -0.15) is 10.1 Å². The highest BCUT2D eigenvalue weighted by molar-refractivity contribution is 7.98. The average molecular weight is 355 g/mol. The number of halogens is 2. The summed E-state index contributed by atoms with van der Waals surface area (Å²) in [6, 6.07) is 2.72. The number of rotatable bonds is 6. The first-order valence-corrected chi connectivity index (χ1v) is 8.12. The second-order valence-electron chi connectivity index (χ2n) is 4.96. The highest BCUT2D eigenvalue weighted by Crippen LogP contribution is 2.24. The predicted octanol–water partition coefficient (Wildman–Crippen LogP) is 2.42. The number of carboxylic acid groups (broad SMARTS) is 1. The Morgan fingerprint density at radius 2 is 2.12 bits per heavy atom. The number of thioether (sulfide) groups is 1. The number of aliphatic carboxylic acids is 1. The molecule has 1 aromatic carbocycles. The van der Waals surface area contributed by atoms with Crippen LogP contribution in [0.5, 0.6) is 0 Å². The molecule has 0 saturated heterocycles. The van der Waals surface area contributed by atoms with Crippen LogP contribution < -0.4 is 5.56 Å². The van der Waals surface area contributed by atoms with Gasteiger partial charge in [0.05, 0.1) is 0 Å². The van der Waals surface area contributed by atoms with E-state index in [2.05, 4.69) is 10.1 Å². The highest BCUT2D eigenvalue weighted by atomic mass is 32.2.